The normalized spacial score (nSPS) is 16.0. The molecule has 4 nitrogen and oxygen atoms in total. The highest BCUT2D eigenvalue weighted by Crippen LogP contribution is 2.32. The first-order chi connectivity index (χ1) is 10.3. The Labute approximate surface area is 124 Å². The quantitative estimate of drug-likeness (QED) is 0.909. The monoisotopic (exact) mass is 281 g/mol. The third kappa shape index (κ3) is 2.75. The summed E-state index contributed by atoms with van der Waals surface area (Å²) in [5, 5.41) is 13.6. The molecule has 0 spiro atoms. The number of phenols is 1. The van der Waals surface area contributed by atoms with Gasteiger partial charge in [-0.3, -0.25) is 9.98 Å². The Morgan fingerprint density at radius 1 is 1.19 bits per heavy atom. The number of aliphatic imine (C=N–C) groups is 1. The third-order valence-electron chi connectivity index (χ3n) is 3.77. The van der Waals surface area contributed by atoms with Gasteiger partial charge in [0.25, 0.3) is 0 Å². The fourth-order valence-electron chi connectivity index (χ4n) is 2.70. The van der Waals surface area contributed by atoms with Gasteiger partial charge in [-0.25, -0.2) is 0 Å². The predicted octanol–water partition coefficient (Wildman–Crippen LogP) is 2.62. The van der Waals surface area contributed by atoms with E-state index in [0.717, 1.165) is 42.2 Å². The molecule has 0 fully saturated rings. The number of phenolic OH excluding ortho intramolecular Hbond substituents is 1. The minimum absolute atomic E-state index is 0.146. The Bertz CT molecular complexity index is 621. The maximum atomic E-state index is 10.3. The molecular formula is C17H19N3O. The summed E-state index contributed by atoms with van der Waals surface area (Å²) in [5.41, 5.74) is 2.88. The highest BCUT2D eigenvalue weighted by atomic mass is 16.3. The first-order valence-electron chi connectivity index (χ1n) is 7.25. The van der Waals surface area contributed by atoms with Crippen LogP contribution in [0.1, 0.15) is 29.2 Å². The van der Waals surface area contributed by atoms with E-state index in [0.29, 0.717) is 0 Å². The number of pyridine rings is 1. The van der Waals surface area contributed by atoms with Crippen LogP contribution in [-0.4, -0.2) is 29.0 Å². The van der Waals surface area contributed by atoms with Crippen LogP contribution in [-0.2, 0) is 0 Å². The average Bonchev–Trinajstić information content (AvgIpc) is 2.52. The van der Waals surface area contributed by atoms with Crippen LogP contribution in [0.2, 0.25) is 0 Å². The van der Waals surface area contributed by atoms with E-state index in [1.807, 2.05) is 37.3 Å². The Morgan fingerprint density at radius 3 is 2.76 bits per heavy atom. The van der Waals surface area contributed by atoms with Gasteiger partial charge in [0.05, 0.1) is 11.6 Å². The topological polar surface area (TPSA) is 57.5 Å². The molecule has 2 heterocycles. The molecule has 0 saturated heterocycles. The van der Waals surface area contributed by atoms with Crippen molar-refractivity contribution in [2.75, 3.05) is 13.1 Å². The first kappa shape index (κ1) is 13.6. The lowest BCUT2D eigenvalue weighted by Gasteiger charge is -2.25. The molecule has 1 aliphatic rings. The molecule has 1 atom stereocenters. The van der Waals surface area contributed by atoms with Gasteiger partial charge in [0.1, 0.15) is 11.6 Å². The number of nitrogens with zero attached hydrogens (tertiary/aromatic N) is 2. The van der Waals surface area contributed by atoms with E-state index >= 15 is 0 Å². The van der Waals surface area contributed by atoms with Gasteiger partial charge in [0.15, 0.2) is 0 Å². The molecular weight excluding hydrogens is 262 g/mol. The summed E-state index contributed by atoms with van der Waals surface area (Å²) in [7, 11) is 0. The van der Waals surface area contributed by atoms with Gasteiger partial charge < -0.3 is 10.4 Å². The third-order valence-corrected chi connectivity index (χ3v) is 3.77. The van der Waals surface area contributed by atoms with Crippen molar-refractivity contribution in [3.8, 4) is 5.75 Å². The van der Waals surface area contributed by atoms with E-state index in [1.54, 1.807) is 12.3 Å². The highest BCUT2D eigenvalue weighted by Gasteiger charge is 2.26. The second-order valence-corrected chi connectivity index (χ2v) is 5.24. The Hall–Kier alpha value is -2.36. The van der Waals surface area contributed by atoms with E-state index in [-0.39, 0.29) is 11.7 Å². The number of aromatic nitrogens is 1. The maximum Gasteiger partial charge on any atom is 0.119 e. The molecule has 2 aromatic rings. The highest BCUT2D eigenvalue weighted by molar-refractivity contribution is 5.92. The summed E-state index contributed by atoms with van der Waals surface area (Å²) in [6.07, 6.45) is 2.83. The molecule has 0 saturated carbocycles. The fraction of sp³-hybridized carbons (Fsp3) is 0.294. The predicted molar refractivity (Wildman–Crippen MR) is 83.8 cm³/mol. The summed E-state index contributed by atoms with van der Waals surface area (Å²) in [4.78, 5) is 9.16. The van der Waals surface area contributed by atoms with Crippen LogP contribution >= 0.6 is 0 Å². The summed E-state index contributed by atoms with van der Waals surface area (Å²) in [5.74, 6) is 1.03. The first-order valence-corrected chi connectivity index (χ1v) is 7.25. The van der Waals surface area contributed by atoms with Crippen molar-refractivity contribution in [2.45, 2.75) is 19.3 Å². The Balaban J connectivity index is 2.14. The number of aromatic hydroxyl groups is 1. The zero-order valence-corrected chi connectivity index (χ0v) is 12.1. The van der Waals surface area contributed by atoms with Gasteiger partial charge in [-0.2, -0.15) is 0 Å². The summed E-state index contributed by atoms with van der Waals surface area (Å²) in [6, 6.07) is 11.4. The minimum Gasteiger partial charge on any atom is -0.508 e. The number of hydrogen-bond acceptors (Lipinski definition) is 4. The molecule has 2 N–H and O–H groups in total. The van der Waals surface area contributed by atoms with Gasteiger partial charge in [-0.15, -0.1) is 0 Å². The summed E-state index contributed by atoms with van der Waals surface area (Å²) < 4.78 is 0. The average molecular weight is 281 g/mol. The molecule has 4 heteroatoms. The van der Waals surface area contributed by atoms with Gasteiger partial charge >= 0.3 is 0 Å². The standard InChI is InChI=1S/C17H19N3O/c1-12-6-4-9-18-16(12)15(17-19-10-5-11-20-17)13-7-2-3-8-14(13)21/h2-4,6-9,15,21H,5,10-11H2,1H3,(H,19,20). The molecule has 1 aromatic carbocycles. The lowest BCUT2D eigenvalue weighted by atomic mass is 9.90. The molecule has 3 rings (SSSR count). The van der Waals surface area contributed by atoms with Crippen LogP contribution in [0.5, 0.6) is 5.75 Å². The number of hydrogen-bond donors (Lipinski definition) is 2. The van der Waals surface area contributed by atoms with Crippen LogP contribution < -0.4 is 5.32 Å². The SMILES string of the molecule is Cc1cccnc1C(C1=NCCCN1)c1ccccc1O. The summed E-state index contributed by atoms with van der Waals surface area (Å²) in [6.45, 7) is 3.77. The van der Waals surface area contributed by atoms with E-state index in [4.69, 9.17) is 0 Å². The Morgan fingerprint density at radius 2 is 2.05 bits per heavy atom. The lowest BCUT2D eigenvalue weighted by Crippen LogP contribution is -2.35. The van der Waals surface area contributed by atoms with Crippen LogP contribution in [0.15, 0.2) is 47.6 Å². The van der Waals surface area contributed by atoms with Crippen molar-refractivity contribution in [1.82, 2.24) is 10.3 Å². The molecule has 108 valence electrons. The smallest absolute Gasteiger partial charge is 0.119 e. The largest absolute Gasteiger partial charge is 0.508 e. The summed E-state index contributed by atoms with van der Waals surface area (Å²) >= 11 is 0. The van der Waals surface area contributed by atoms with Gasteiger partial charge in [-0.05, 0) is 31.0 Å². The van der Waals surface area contributed by atoms with Gasteiger partial charge in [0.2, 0.25) is 0 Å². The number of nitrogens with one attached hydrogen (secondary N) is 1. The number of aryl methyl sites for hydroxylation is 1. The van der Waals surface area contributed by atoms with E-state index in [1.165, 1.54) is 0 Å². The number of amidine groups is 1. The molecule has 0 bridgehead atoms. The van der Waals surface area contributed by atoms with E-state index in [9.17, 15) is 5.11 Å². The molecule has 0 radical (unpaired) electrons. The second kappa shape index (κ2) is 5.95. The zero-order valence-electron chi connectivity index (χ0n) is 12.1. The van der Waals surface area contributed by atoms with Gasteiger partial charge in [0, 0.05) is 24.8 Å². The van der Waals surface area contributed by atoms with Crippen molar-refractivity contribution >= 4 is 5.84 Å². The molecule has 0 amide bonds. The molecule has 0 aliphatic carbocycles. The van der Waals surface area contributed by atoms with Crippen molar-refractivity contribution in [2.24, 2.45) is 4.99 Å². The van der Waals surface area contributed by atoms with Crippen molar-refractivity contribution in [1.29, 1.82) is 0 Å². The van der Waals surface area contributed by atoms with Gasteiger partial charge in [-0.1, -0.05) is 24.3 Å². The molecule has 1 aromatic heterocycles. The molecule has 1 aliphatic heterocycles. The van der Waals surface area contributed by atoms with E-state index in [2.05, 4.69) is 15.3 Å². The van der Waals surface area contributed by atoms with Crippen molar-refractivity contribution < 1.29 is 5.11 Å². The van der Waals surface area contributed by atoms with E-state index < -0.39 is 0 Å². The number of para-hydroxylation sites is 1. The molecule has 21 heavy (non-hydrogen) atoms. The second-order valence-electron chi connectivity index (χ2n) is 5.24. The minimum atomic E-state index is -0.146. The van der Waals surface area contributed by atoms with Crippen molar-refractivity contribution in [3.63, 3.8) is 0 Å². The maximum absolute atomic E-state index is 10.3. The van der Waals surface area contributed by atoms with Crippen LogP contribution in [0.4, 0.5) is 0 Å². The van der Waals surface area contributed by atoms with Crippen LogP contribution in [0.25, 0.3) is 0 Å². The number of benzene rings is 1. The van der Waals surface area contributed by atoms with Crippen LogP contribution in [0, 0.1) is 6.92 Å². The van der Waals surface area contributed by atoms with Crippen molar-refractivity contribution in [3.05, 3.63) is 59.4 Å². The molecule has 1 unspecified atom stereocenters. The Kier molecular flexibility index (Phi) is 3.86. The number of rotatable bonds is 3. The lowest BCUT2D eigenvalue weighted by molar-refractivity contribution is 0.467. The van der Waals surface area contributed by atoms with Crippen LogP contribution in [0.3, 0.4) is 0 Å². The fourth-order valence-corrected chi connectivity index (χ4v) is 2.70. The zero-order chi connectivity index (χ0) is 14.7.